The fourth-order valence-corrected chi connectivity index (χ4v) is 3.48. The molecule has 0 radical (unpaired) electrons. The zero-order valence-electron chi connectivity index (χ0n) is 11.2. The molecule has 2 aliphatic rings. The van der Waals surface area contributed by atoms with E-state index >= 15 is 0 Å². The van der Waals surface area contributed by atoms with E-state index < -0.39 is 0 Å². The van der Waals surface area contributed by atoms with Gasteiger partial charge in [-0.1, -0.05) is 39.8 Å². The van der Waals surface area contributed by atoms with E-state index in [0.717, 1.165) is 35.6 Å². The molecule has 1 fully saturated rings. The SMILES string of the molecule is CC(C)C(CNC1CC2CC=CC21)C(C)C. The Bertz CT molecular complexity index is 246. The standard InChI is InChI=1S/C15H27N/c1-10(2)14(11(3)4)9-16-15-8-12-6-5-7-13(12)15/h5,7,10-16H,6,8-9H2,1-4H3. The molecule has 0 heterocycles. The molecule has 2 rings (SSSR count). The molecule has 16 heavy (non-hydrogen) atoms. The second kappa shape index (κ2) is 4.91. The van der Waals surface area contributed by atoms with E-state index in [9.17, 15) is 0 Å². The Morgan fingerprint density at radius 3 is 2.44 bits per heavy atom. The second-order valence-electron chi connectivity index (χ2n) is 6.40. The van der Waals surface area contributed by atoms with E-state index in [2.05, 4.69) is 45.2 Å². The Kier molecular flexibility index (Phi) is 3.73. The number of hydrogen-bond donors (Lipinski definition) is 1. The van der Waals surface area contributed by atoms with Crippen LogP contribution in [0.25, 0.3) is 0 Å². The van der Waals surface area contributed by atoms with Crippen LogP contribution >= 0.6 is 0 Å². The molecule has 3 atom stereocenters. The molecule has 0 spiro atoms. The zero-order chi connectivity index (χ0) is 11.7. The lowest BCUT2D eigenvalue weighted by Crippen LogP contribution is -2.50. The third kappa shape index (κ3) is 2.34. The minimum atomic E-state index is 0.781. The van der Waals surface area contributed by atoms with Gasteiger partial charge in [0.1, 0.15) is 0 Å². The predicted molar refractivity (Wildman–Crippen MR) is 70.3 cm³/mol. The minimum Gasteiger partial charge on any atom is -0.313 e. The van der Waals surface area contributed by atoms with Crippen LogP contribution in [0.2, 0.25) is 0 Å². The molecule has 1 heteroatoms. The van der Waals surface area contributed by atoms with Crippen molar-refractivity contribution in [1.82, 2.24) is 5.32 Å². The Morgan fingerprint density at radius 1 is 1.19 bits per heavy atom. The molecule has 0 bridgehead atoms. The van der Waals surface area contributed by atoms with Gasteiger partial charge >= 0.3 is 0 Å². The Morgan fingerprint density at radius 2 is 1.88 bits per heavy atom. The van der Waals surface area contributed by atoms with Gasteiger partial charge in [-0.25, -0.2) is 0 Å². The van der Waals surface area contributed by atoms with Crippen molar-refractivity contribution in [3.05, 3.63) is 12.2 Å². The van der Waals surface area contributed by atoms with Crippen LogP contribution in [0.3, 0.4) is 0 Å². The van der Waals surface area contributed by atoms with Crippen LogP contribution in [-0.4, -0.2) is 12.6 Å². The molecule has 0 amide bonds. The van der Waals surface area contributed by atoms with Crippen molar-refractivity contribution in [2.75, 3.05) is 6.54 Å². The zero-order valence-corrected chi connectivity index (χ0v) is 11.2. The van der Waals surface area contributed by atoms with Crippen LogP contribution in [0.4, 0.5) is 0 Å². The number of hydrogen-bond acceptors (Lipinski definition) is 1. The first kappa shape index (κ1) is 12.2. The first-order valence-corrected chi connectivity index (χ1v) is 6.99. The predicted octanol–water partition coefficient (Wildman–Crippen LogP) is 3.47. The van der Waals surface area contributed by atoms with Gasteiger partial charge in [-0.2, -0.15) is 0 Å². The molecule has 3 unspecified atom stereocenters. The molecule has 0 aromatic heterocycles. The van der Waals surface area contributed by atoms with Crippen LogP contribution in [0.15, 0.2) is 12.2 Å². The van der Waals surface area contributed by atoms with Gasteiger partial charge in [-0.05, 0) is 49.0 Å². The highest BCUT2D eigenvalue weighted by molar-refractivity contribution is 5.12. The summed E-state index contributed by atoms with van der Waals surface area (Å²) in [7, 11) is 0. The smallest absolute Gasteiger partial charge is 0.0136 e. The van der Waals surface area contributed by atoms with Gasteiger partial charge in [0, 0.05) is 6.04 Å². The van der Waals surface area contributed by atoms with Crippen molar-refractivity contribution in [1.29, 1.82) is 0 Å². The summed E-state index contributed by atoms with van der Waals surface area (Å²) >= 11 is 0. The molecule has 0 aromatic rings. The number of allylic oxidation sites excluding steroid dienone is 1. The fourth-order valence-electron chi connectivity index (χ4n) is 3.48. The maximum Gasteiger partial charge on any atom is 0.0136 e. The molecule has 92 valence electrons. The van der Waals surface area contributed by atoms with Crippen molar-refractivity contribution in [2.45, 2.75) is 46.6 Å². The summed E-state index contributed by atoms with van der Waals surface area (Å²) < 4.78 is 0. The monoisotopic (exact) mass is 221 g/mol. The first-order chi connectivity index (χ1) is 7.59. The lowest BCUT2D eigenvalue weighted by Gasteiger charge is -2.42. The highest BCUT2D eigenvalue weighted by Gasteiger charge is 2.40. The average molecular weight is 221 g/mol. The summed E-state index contributed by atoms with van der Waals surface area (Å²) in [6, 6.07) is 0.781. The molecule has 0 aromatic carbocycles. The highest BCUT2D eigenvalue weighted by Crippen LogP contribution is 2.42. The molecular weight excluding hydrogens is 194 g/mol. The summed E-state index contributed by atoms with van der Waals surface area (Å²) in [6.45, 7) is 10.6. The number of rotatable bonds is 5. The topological polar surface area (TPSA) is 12.0 Å². The lowest BCUT2D eigenvalue weighted by atomic mass is 9.71. The first-order valence-electron chi connectivity index (χ1n) is 6.99. The Hall–Kier alpha value is -0.300. The molecular formula is C15H27N. The molecule has 1 saturated carbocycles. The maximum atomic E-state index is 3.80. The van der Waals surface area contributed by atoms with Crippen molar-refractivity contribution >= 4 is 0 Å². The van der Waals surface area contributed by atoms with Crippen LogP contribution in [-0.2, 0) is 0 Å². The third-order valence-electron chi connectivity index (χ3n) is 4.69. The van der Waals surface area contributed by atoms with Gasteiger partial charge < -0.3 is 5.32 Å². The summed E-state index contributed by atoms with van der Waals surface area (Å²) in [5.41, 5.74) is 0. The highest BCUT2D eigenvalue weighted by atomic mass is 14.9. The lowest BCUT2D eigenvalue weighted by molar-refractivity contribution is 0.145. The number of fused-ring (bicyclic) bond motifs is 1. The summed E-state index contributed by atoms with van der Waals surface area (Å²) in [4.78, 5) is 0. The van der Waals surface area contributed by atoms with Crippen LogP contribution in [0.5, 0.6) is 0 Å². The van der Waals surface area contributed by atoms with Crippen LogP contribution < -0.4 is 5.32 Å². The van der Waals surface area contributed by atoms with Gasteiger partial charge in [0.15, 0.2) is 0 Å². The van der Waals surface area contributed by atoms with Gasteiger partial charge in [0.05, 0.1) is 0 Å². The van der Waals surface area contributed by atoms with Gasteiger partial charge in [-0.15, -0.1) is 0 Å². The maximum absolute atomic E-state index is 3.80. The Labute approximate surface area is 101 Å². The van der Waals surface area contributed by atoms with E-state index in [1.165, 1.54) is 19.4 Å². The summed E-state index contributed by atoms with van der Waals surface area (Å²) in [6.07, 6.45) is 7.55. The van der Waals surface area contributed by atoms with E-state index in [-0.39, 0.29) is 0 Å². The normalized spacial score (nSPS) is 32.6. The van der Waals surface area contributed by atoms with Crippen molar-refractivity contribution < 1.29 is 0 Å². The minimum absolute atomic E-state index is 0.781. The van der Waals surface area contributed by atoms with Gasteiger partial charge in [0.25, 0.3) is 0 Å². The van der Waals surface area contributed by atoms with Crippen molar-refractivity contribution in [3.63, 3.8) is 0 Å². The fraction of sp³-hybridized carbons (Fsp3) is 0.867. The Balaban J connectivity index is 1.76. The van der Waals surface area contributed by atoms with Crippen molar-refractivity contribution in [2.24, 2.45) is 29.6 Å². The van der Waals surface area contributed by atoms with Gasteiger partial charge in [0.2, 0.25) is 0 Å². The second-order valence-corrected chi connectivity index (χ2v) is 6.40. The van der Waals surface area contributed by atoms with E-state index in [1.807, 2.05) is 0 Å². The average Bonchev–Trinajstić information content (AvgIpc) is 2.53. The summed E-state index contributed by atoms with van der Waals surface area (Å²) in [5.74, 6) is 4.25. The third-order valence-corrected chi connectivity index (χ3v) is 4.69. The number of nitrogens with one attached hydrogen (secondary N) is 1. The quantitative estimate of drug-likeness (QED) is 0.701. The van der Waals surface area contributed by atoms with E-state index in [1.54, 1.807) is 0 Å². The van der Waals surface area contributed by atoms with Crippen LogP contribution in [0.1, 0.15) is 40.5 Å². The van der Waals surface area contributed by atoms with E-state index in [4.69, 9.17) is 0 Å². The molecule has 0 saturated heterocycles. The molecule has 1 nitrogen and oxygen atoms in total. The van der Waals surface area contributed by atoms with E-state index in [0.29, 0.717) is 0 Å². The molecule has 2 aliphatic carbocycles. The van der Waals surface area contributed by atoms with Crippen molar-refractivity contribution in [3.8, 4) is 0 Å². The van der Waals surface area contributed by atoms with Gasteiger partial charge in [-0.3, -0.25) is 0 Å². The summed E-state index contributed by atoms with van der Waals surface area (Å²) in [5, 5.41) is 3.80. The van der Waals surface area contributed by atoms with Crippen LogP contribution in [0, 0.1) is 29.6 Å². The largest absolute Gasteiger partial charge is 0.313 e. The molecule has 1 N–H and O–H groups in total. The molecule has 0 aliphatic heterocycles.